The number of carbonyl (C=O) groups excluding carboxylic acids is 1. The molecule has 0 bridgehead atoms. The molecule has 0 radical (unpaired) electrons. The minimum atomic E-state index is -0.325. The summed E-state index contributed by atoms with van der Waals surface area (Å²) in [5.74, 6) is -0.339. The number of rotatable bonds is 5. The maximum Gasteiger partial charge on any atom is 0.227 e. The molecule has 0 fully saturated rings. The van der Waals surface area contributed by atoms with Crippen LogP contribution in [0, 0.1) is 5.82 Å². The summed E-state index contributed by atoms with van der Waals surface area (Å²) in [4.78, 5) is 18.3. The van der Waals surface area contributed by atoms with Gasteiger partial charge in [-0.3, -0.25) is 4.79 Å². The molecule has 0 aliphatic rings. The van der Waals surface area contributed by atoms with Gasteiger partial charge in [-0.2, -0.15) is 0 Å². The number of hydrogen-bond donors (Lipinski definition) is 0. The average molecular weight is 371 g/mol. The first-order valence-electron chi connectivity index (χ1n) is 6.60. The number of thiazole rings is 1. The fraction of sp³-hybridized carbons (Fsp3) is 0.333. The Hall–Kier alpha value is -1.27. The highest BCUT2D eigenvalue weighted by atomic mass is 79.9. The maximum atomic E-state index is 13.2. The summed E-state index contributed by atoms with van der Waals surface area (Å²) in [5.41, 5.74) is 1.70. The fourth-order valence-electron chi connectivity index (χ4n) is 1.87. The van der Waals surface area contributed by atoms with Gasteiger partial charge in [-0.25, -0.2) is 9.37 Å². The first-order chi connectivity index (χ1) is 9.99. The number of amides is 1. The molecular formula is C15H16BrFN2OS. The molecule has 2 aromatic rings. The van der Waals surface area contributed by atoms with Gasteiger partial charge in [0.25, 0.3) is 0 Å². The van der Waals surface area contributed by atoms with Crippen LogP contribution < -0.4 is 0 Å². The SMILES string of the molecule is CCc1nc(CN(C)C(=O)Cc2ccc(F)c(Br)c2)cs1. The monoisotopic (exact) mass is 370 g/mol. The summed E-state index contributed by atoms with van der Waals surface area (Å²) in [6.07, 6.45) is 1.16. The quantitative estimate of drug-likeness (QED) is 0.801. The molecule has 1 aromatic heterocycles. The Balaban J connectivity index is 1.97. The van der Waals surface area contributed by atoms with Gasteiger partial charge >= 0.3 is 0 Å². The van der Waals surface area contributed by atoms with E-state index in [1.165, 1.54) is 6.07 Å². The van der Waals surface area contributed by atoms with Gasteiger partial charge in [0.1, 0.15) is 5.82 Å². The van der Waals surface area contributed by atoms with Crippen LogP contribution in [0.4, 0.5) is 4.39 Å². The molecule has 0 spiro atoms. The normalized spacial score (nSPS) is 10.7. The highest BCUT2D eigenvalue weighted by Gasteiger charge is 2.13. The van der Waals surface area contributed by atoms with Crippen molar-refractivity contribution in [1.29, 1.82) is 0 Å². The molecule has 1 amide bonds. The van der Waals surface area contributed by atoms with Crippen LogP contribution in [-0.4, -0.2) is 22.8 Å². The van der Waals surface area contributed by atoms with E-state index in [2.05, 4.69) is 27.8 Å². The van der Waals surface area contributed by atoms with Crippen molar-refractivity contribution < 1.29 is 9.18 Å². The number of aryl methyl sites for hydroxylation is 1. The molecule has 0 saturated heterocycles. The topological polar surface area (TPSA) is 33.2 Å². The second-order valence-corrected chi connectivity index (χ2v) is 6.56. The number of carbonyl (C=O) groups is 1. The van der Waals surface area contributed by atoms with Crippen molar-refractivity contribution in [2.75, 3.05) is 7.05 Å². The van der Waals surface area contributed by atoms with Gasteiger partial charge in [0.05, 0.1) is 28.1 Å². The zero-order valence-electron chi connectivity index (χ0n) is 11.9. The van der Waals surface area contributed by atoms with Crippen molar-refractivity contribution in [2.45, 2.75) is 26.3 Å². The summed E-state index contributed by atoms with van der Waals surface area (Å²) in [5, 5.41) is 3.06. The minimum absolute atomic E-state index is 0.0143. The molecule has 21 heavy (non-hydrogen) atoms. The maximum absolute atomic E-state index is 13.2. The Morgan fingerprint density at radius 3 is 2.86 bits per heavy atom. The zero-order valence-corrected chi connectivity index (χ0v) is 14.3. The molecule has 6 heteroatoms. The van der Waals surface area contributed by atoms with E-state index < -0.39 is 0 Å². The molecule has 0 unspecified atom stereocenters. The van der Waals surface area contributed by atoms with Gasteiger partial charge < -0.3 is 4.90 Å². The average Bonchev–Trinajstić information content (AvgIpc) is 2.90. The van der Waals surface area contributed by atoms with Crippen LogP contribution in [0.5, 0.6) is 0 Å². The van der Waals surface area contributed by atoms with Crippen LogP contribution in [-0.2, 0) is 24.2 Å². The molecule has 0 saturated carbocycles. The number of nitrogens with zero attached hydrogens (tertiary/aromatic N) is 2. The van der Waals surface area contributed by atoms with Gasteiger partial charge in [0, 0.05) is 12.4 Å². The van der Waals surface area contributed by atoms with E-state index >= 15 is 0 Å². The van der Waals surface area contributed by atoms with Gasteiger partial charge in [0.2, 0.25) is 5.91 Å². The van der Waals surface area contributed by atoms with Gasteiger partial charge in [-0.1, -0.05) is 13.0 Å². The summed E-state index contributed by atoms with van der Waals surface area (Å²) >= 11 is 4.74. The van der Waals surface area contributed by atoms with Gasteiger partial charge in [-0.05, 0) is 40.0 Å². The number of aromatic nitrogens is 1. The van der Waals surface area contributed by atoms with Crippen LogP contribution in [0.3, 0.4) is 0 Å². The van der Waals surface area contributed by atoms with Crippen LogP contribution in [0.25, 0.3) is 0 Å². The zero-order chi connectivity index (χ0) is 15.4. The van der Waals surface area contributed by atoms with Gasteiger partial charge in [-0.15, -0.1) is 11.3 Å². The molecular weight excluding hydrogens is 355 g/mol. The molecule has 1 heterocycles. The standard InChI is InChI=1S/C15H16BrFN2OS/c1-3-14-18-11(9-21-14)8-19(2)15(20)7-10-4-5-13(17)12(16)6-10/h4-6,9H,3,7-8H2,1-2H3. The Morgan fingerprint density at radius 1 is 1.48 bits per heavy atom. The lowest BCUT2D eigenvalue weighted by Gasteiger charge is -2.16. The number of hydrogen-bond acceptors (Lipinski definition) is 3. The molecule has 0 atom stereocenters. The fourth-order valence-corrected chi connectivity index (χ4v) is 3.04. The van der Waals surface area contributed by atoms with E-state index in [0.717, 1.165) is 22.7 Å². The first-order valence-corrected chi connectivity index (χ1v) is 8.28. The molecule has 0 aliphatic heterocycles. The highest BCUT2D eigenvalue weighted by Crippen LogP contribution is 2.18. The first kappa shape index (κ1) is 16.1. The van der Waals surface area contributed by atoms with E-state index in [0.29, 0.717) is 11.0 Å². The summed E-state index contributed by atoms with van der Waals surface area (Å²) < 4.78 is 13.5. The summed E-state index contributed by atoms with van der Waals surface area (Å²) in [6.45, 7) is 2.56. The molecule has 0 N–H and O–H groups in total. The van der Waals surface area contributed by atoms with Crippen LogP contribution >= 0.6 is 27.3 Å². The van der Waals surface area contributed by atoms with Crippen LogP contribution in [0.15, 0.2) is 28.1 Å². The molecule has 0 aliphatic carbocycles. The van der Waals surface area contributed by atoms with Crippen molar-refractivity contribution in [3.8, 4) is 0 Å². The van der Waals surface area contributed by atoms with Crippen LogP contribution in [0.1, 0.15) is 23.2 Å². The number of halogens is 2. The Kier molecular flexibility index (Phi) is 5.47. The van der Waals surface area contributed by atoms with Gasteiger partial charge in [0.15, 0.2) is 0 Å². The summed E-state index contributed by atoms with van der Waals surface area (Å²) in [6, 6.07) is 4.63. The smallest absolute Gasteiger partial charge is 0.227 e. The lowest BCUT2D eigenvalue weighted by atomic mass is 10.1. The number of likely N-dealkylation sites (N-methyl/N-ethyl adjacent to an activating group) is 1. The van der Waals surface area contributed by atoms with E-state index in [-0.39, 0.29) is 18.1 Å². The van der Waals surface area contributed by atoms with E-state index in [9.17, 15) is 9.18 Å². The third-order valence-corrected chi connectivity index (χ3v) is 4.72. The third kappa shape index (κ3) is 4.35. The van der Waals surface area contributed by atoms with Crippen molar-refractivity contribution in [1.82, 2.24) is 9.88 Å². The Bertz CT molecular complexity index is 644. The third-order valence-electron chi connectivity index (χ3n) is 3.07. The van der Waals surface area contributed by atoms with Crippen molar-refractivity contribution in [2.24, 2.45) is 0 Å². The predicted molar refractivity (Wildman–Crippen MR) is 85.8 cm³/mol. The van der Waals surface area contributed by atoms with Crippen LogP contribution in [0.2, 0.25) is 0 Å². The highest BCUT2D eigenvalue weighted by molar-refractivity contribution is 9.10. The Morgan fingerprint density at radius 2 is 2.24 bits per heavy atom. The molecule has 112 valence electrons. The summed E-state index contributed by atoms with van der Waals surface area (Å²) in [7, 11) is 1.76. The predicted octanol–water partition coefficient (Wildman–Crippen LogP) is 3.81. The molecule has 1 aromatic carbocycles. The lowest BCUT2D eigenvalue weighted by Crippen LogP contribution is -2.27. The lowest BCUT2D eigenvalue weighted by molar-refractivity contribution is -0.129. The largest absolute Gasteiger partial charge is 0.340 e. The molecule has 2 rings (SSSR count). The Labute approximate surface area is 135 Å². The van der Waals surface area contributed by atoms with Crippen molar-refractivity contribution in [3.63, 3.8) is 0 Å². The molecule has 3 nitrogen and oxygen atoms in total. The second kappa shape index (κ2) is 7.13. The van der Waals surface area contributed by atoms with Crippen molar-refractivity contribution in [3.05, 3.63) is 50.1 Å². The minimum Gasteiger partial charge on any atom is -0.340 e. The van der Waals surface area contributed by atoms with E-state index in [4.69, 9.17) is 0 Å². The van der Waals surface area contributed by atoms with E-state index in [1.54, 1.807) is 35.4 Å². The number of benzene rings is 1. The van der Waals surface area contributed by atoms with E-state index in [1.807, 2.05) is 5.38 Å². The van der Waals surface area contributed by atoms with Crippen molar-refractivity contribution >= 4 is 33.2 Å². The second-order valence-electron chi connectivity index (χ2n) is 4.76.